The lowest BCUT2D eigenvalue weighted by Crippen LogP contribution is -2.29. The maximum atomic E-state index is 4.25. The molecule has 0 fully saturated rings. The number of aryl methyl sites for hydroxylation is 2. The molecule has 66 valence electrons. The molecule has 0 aliphatic heterocycles. The molecule has 4 nitrogen and oxygen atoms in total. The molecule has 0 spiro atoms. The number of rotatable bonds is 1. The minimum Gasteiger partial charge on any atom is -0.252 e. The second-order valence-electron chi connectivity index (χ2n) is 2.92. The fraction of sp³-hybridized carbons (Fsp3) is 0.222. The standard InChI is InChI=1S/C9H11N4/c1-12-7-9(13(2)11-12)8-5-3-4-6-10-8/h3-7H,1-2H3/q+1. The normalized spacial score (nSPS) is 10.3. The van der Waals surface area contributed by atoms with Gasteiger partial charge in [0.15, 0.2) is 6.20 Å². The summed E-state index contributed by atoms with van der Waals surface area (Å²) >= 11 is 0. The lowest BCUT2D eigenvalue weighted by molar-refractivity contribution is -0.732. The summed E-state index contributed by atoms with van der Waals surface area (Å²) in [5.41, 5.74) is 1.96. The summed E-state index contributed by atoms with van der Waals surface area (Å²) < 4.78 is 3.58. The molecule has 0 saturated carbocycles. The molecule has 2 rings (SSSR count). The van der Waals surface area contributed by atoms with E-state index in [4.69, 9.17) is 0 Å². The zero-order chi connectivity index (χ0) is 9.26. The predicted molar refractivity (Wildman–Crippen MR) is 47.6 cm³/mol. The molecule has 0 atom stereocenters. The first-order valence-corrected chi connectivity index (χ1v) is 4.09. The van der Waals surface area contributed by atoms with Crippen LogP contribution in [0.2, 0.25) is 0 Å². The number of hydrogen-bond donors (Lipinski definition) is 0. The Morgan fingerprint density at radius 3 is 2.77 bits per heavy atom. The topological polar surface area (TPSA) is 34.6 Å². The first kappa shape index (κ1) is 7.91. The Bertz CT molecular complexity index is 405. The Morgan fingerprint density at radius 2 is 2.23 bits per heavy atom. The lowest BCUT2D eigenvalue weighted by Gasteiger charge is -1.91. The van der Waals surface area contributed by atoms with Gasteiger partial charge in [0.1, 0.15) is 19.8 Å². The molecular weight excluding hydrogens is 164 g/mol. The van der Waals surface area contributed by atoms with Gasteiger partial charge < -0.3 is 0 Å². The summed E-state index contributed by atoms with van der Waals surface area (Å²) in [5.74, 6) is 0. The maximum Gasteiger partial charge on any atom is 0.215 e. The molecule has 0 aromatic carbocycles. The summed E-state index contributed by atoms with van der Waals surface area (Å²) in [6.45, 7) is 0. The largest absolute Gasteiger partial charge is 0.252 e. The zero-order valence-corrected chi connectivity index (χ0v) is 7.68. The van der Waals surface area contributed by atoms with Crippen LogP contribution in [0.25, 0.3) is 11.4 Å². The zero-order valence-electron chi connectivity index (χ0n) is 7.68. The number of hydrogen-bond acceptors (Lipinski definition) is 2. The van der Waals surface area contributed by atoms with Crippen LogP contribution < -0.4 is 4.68 Å². The fourth-order valence-corrected chi connectivity index (χ4v) is 1.29. The lowest BCUT2D eigenvalue weighted by atomic mass is 10.3. The minimum absolute atomic E-state index is 0.943. The Kier molecular flexibility index (Phi) is 1.81. The molecule has 0 amide bonds. The van der Waals surface area contributed by atoms with E-state index in [9.17, 15) is 0 Å². The van der Waals surface area contributed by atoms with Crippen LogP contribution in [0.15, 0.2) is 30.6 Å². The van der Waals surface area contributed by atoms with E-state index in [2.05, 4.69) is 10.2 Å². The van der Waals surface area contributed by atoms with E-state index in [-0.39, 0.29) is 0 Å². The van der Waals surface area contributed by atoms with Gasteiger partial charge in [-0.15, -0.1) is 9.36 Å². The monoisotopic (exact) mass is 175 g/mol. The molecule has 0 aliphatic carbocycles. The molecule has 2 aromatic rings. The van der Waals surface area contributed by atoms with Crippen molar-refractivity contribution in [2.75, 3.05) is 0 Å². The average Bonchev–Trinajstić information content (AvgIpc) is 2.47. The smallest absolute Gasteiger partial charge is 0.215 e. The molecule has 0 bridgehead atoms. The third-order valence-electron chi connectivity index (χ3n) is 1.86. The molecule has 0 radical (unpaired) electrons. The molecule has 0 N–H and O–H groups in total. The molecule has 0 aliphatic rings. The fourth-order valence-electron chi connectivity index (χ4n) is 1.29. The van der Waals surface area contributed by atoms with Crippen molar-refractivity contribution in [3.8, 4) is 11.4 Å². The van der Waals surface area contributed by atoms with Crippen LogP contribution in [0.3, 0.4) is 0 Å². The van der Waals surface area contributed by atoms with E-state index in [1.54, 1.807) is 10.9 Å². The van der Waals surface area contributed by atoms with Crippen molar-refractivity contribution in [2.45, 2.75) is 0 Å². The van der Waals surface area contributed by atoms with Crippen molar-refractivity contribution < 1.29 is 4.68 Å². The molecule has 13 heavy (non-hydrogen) atoms. The van der Waals surface area contributed by atoms with Crippen molar-refractivity contribution in [3.05, 3.63) is 30.6 Å². The summed E-state index contributed by atoms with van der Waals surface area (Å²) in [7, 11) is 3.80. The van der Waals surface area contributed by atoms with Gasteiger partial charge >= 0.3 is 0 Å². The molecule has 4 heteroatoms. The number of nitrogens with zero attached hydrogens (tertiary/aromatic N) is 4. The first-order valence-electron chi connectivity index (χ1n) is 4.09. The summed E-state index contributed by atoms with van der Waals surface area (Å²) in [6, 6.07) is 5.84. The SMILES string of the molecule is Cn1n[n+](C)cc1-c1ccccn1. The van der Waals surface area contributed by atoms with Crippen molar-refractivity contribution in [1.82, 2.24) is 14.9 Å². The Balaban J connectivity index is 2.53. The second kappa shape index (κ2) is 2.97. The highest BCUT2D eigenvalue weighted by atomic mass is 15.5. The van der Waals surface area contributed by atoms with Gasteiger partial charge in [-0.1, -0.05) is 6.07 Å². The van der Waals surface area contributed by atoms with Crippen LogP contribution >= 0.6 is 0 Å². The van der Waals surface area contributed by atoms with Crippen LogP contribution in [0.5, 0.6) is 0 Å². The average molecular weight is 175 g/mol. The van der Waals surface area contributed by atoms with Crippen LogP contribution in [-0.4, -0.2) is 14.9 Å². The third kappa shape index (κ3) is 1.42. The number of pyridine rings is 1. The highest BCUT2D eigenvalue weighted by Crippen LogP contribution is 2.11. The maximum absolute atomic E-state index is 4.25. The van der Waals surface area contributed by atoms with E-state index >= 15 is 0 Å². The van der Waals surface area contributed by atoms with Crippen molar-refractivity contribution in [2.24, 2.45) is 14.1 Å². The molecule has 0 saturated heterocycles. The van der Waals surface area contributed by atoms with E-state index in [1.165, 1.54) is 0 Å². The Hall–Kier alpha value is -1.71. The highest BCUT2D eigenvalue weighted by Gasteiger charge is 2.12. The van der Waals surface area contributed by atoms with Crippen molar-refractivity contribution in [3.63, 3.8) is 0 Å². The number of aromatic nitrogens is 4. The molecule has 2 heterocycles. The summed E-state index contributed by atoms with van der Waals surface area (Å²) in [6.07, 6.45) is 3.73. The van der Waals surface area contributed by atoms with E-state index in [0.29, 0.717) is 0 Å². The van der Waals surface area contributed by atoms with Gasteiger partial charge in [0.05, 0.1) is 5.21 Å². The van der Waals surface area contributed by atoms with E-state index in [1.807, 2.05) is 43.2 Å². The third-order valence-corrected chi connectivity index (χ3v) is 1.86. The van der Waals surface area contributed by atoms with Crippen LogP contribution in [0, 0.1) is 0 Å². The highest BCUT2D eigenvalue weighted by molar-refractivity contribution is 5.51. The van der Waals surface area contributed by atoms with Crippen LogP contribution in [0.4, 0.5) is 0 Å². The van der Waals surface area contributed by atoms with Crippen molar-refractivity contribution >= 4 is 0 Å². The summed E-state index contributed by atoms with van der Waals surface area (Å²) in [5, 5.41) is 4.18. The quantitative estimate of drug-likeness (QED) is 0.584. The second-order valence-corrected chi connectivity index (χ2v) is 2.92. The first-order chi connectivity index (χ1) is 6.27. The van der Waals surface area contributed by atoms with Gasteiger partial charge in [0.25, 0.3) is 0 Å². The van der Waals surface area contributed by atoms with Gasteiger partial charge in [0, 0.05) is 6.20 Å². The predicted octanol–water partition coefficient (Wildman–Crippen LogP) is 0.307. The van der Waals surface area contributed by atoms with Gasteiger partial charge in [0.2, 0.25) is 5.69 Å². The molecule has 0 unspecified atom stereocenters. The van der Waals surface area contributed by atoms with Crippen LogP contribution in [-0.2, 0) is 14.1 Å². The minimum atomic E-state index is 0.943. The van der Waals surface area contributed by atoms with E-state index < -0.39 is 0 Å². The van der Waals surface area contributed by atoms with Gasteiger partial charge in [-0.05, 0) is 12.1 Å². The summed E-state index contributed by atoms with van der Waals surface area (Å²) in [4.78, 5) is 4.25. The molecular formula is C9H11N4+. The van der Waals surface area contributed by atoms with Crippen molar-refractivity contribution in [1.29, 1.82) is 0 Å². The van der Waals surface area contributed by atoms with E-state index in [0.717, 1.165) is 11.4 Å². The Morgan fingerprint density at radius 1 is 1.38 bits per heavy atom. The van der Waals surface area contributed by atoms with Gasteiger partial charge in [-0.25, -0.2) is 0 Å². The van der Waals surface area contributed by atoms with Gasteiger partial charge in [-0.2, -0.15) is 0 Å². The molecule has 2 aromatic heterocycles. The Labute approximate surface area is 76.4 Å². The van der Waals surface area contributed by atoms with Gasteiger partial charge in [-0.3, -0.25) is 4.98 Å². The van der Waals surface area contributed by atoms with Crippen LogP contribution in [0.1, 0.15) is 0 Å².